The zero-order valence-corrected chi connectivity index (χ0v) is 11.9. The molecule has 1 heterocycles. The molecule has 18 heavy (non-hydrogen) atoms. The molecule has 1 aliphatic rings. The van der Waals surface area contributed by atoms with Gasteiger partial charge in [0.2, 0.25) is 0 Å². The molecule has 3 unspecified atom stereocenters. The summed E-state index contributed by atoms with van der Waals surface area (Å²) in [6.45, 7) is 6.41. The van der Waals surface area contributed by atoms with E-state index in [1.165, 1.54) is 37.7 Å². The molecule has 0 radical (unpaired) electrons. The van der Waals surface area contributed by atoms with E-state index >= 15 is 0 Å². The lowest BCUT2D eigenvalue weighted by Crippen LogP contribution is -2.27. The highest BCUT2D eigenvalue weighted by Crippen LogP contribution is 2.37. The minimum absolute atomic E-state index is 0.194. The molecule has 0 bridgehead atoms. The molecule has 100 valence electrons. The van der Waals surface area contributed by atoms with Crippen molar-refractivity contribution in [3.05, 3.63) is 29.1 Å². The second-order valence-electron chi connectivity index (χ2n) is 5.91. The first-order chi connectivity index (χ1) is 8.60. The molecule has 3 atom stereocenters. The number of nitrogens with zero attached hydrogens (tertiary/aromatic N) is 1. The second kappa shape index (κ2) is 5.83. The Bertz CT molecular complexity index is 380. The maximum Gasteiger partial charge on any atom is 0.0379 e. The van der Waals surface area contributed by atoms with E-state index in [4.69, 9.17) is 5.73 Å². The van der Waals surface area contributed by atoms with E-state index in [2.05, 4.69) is 37.9 Å². The molecule has 1 aliphatic carbocycles. The Labute approximate surface area is 111 Å². The van der Waals surface area contributed by atoms with Gasteiger partial charge in [0.1, 0.15) is 0 Å². The van der Waals surface area contributed by atoms with Crippen LogP contribution in [-0.4, -0.2) is 4.98 Å². The van der Waals surface area contributed by atoms with E-state index in [9.17, 15) is 0 Å². The van der Waals surface area contributed by atoms with Crippen LogP contribution in [0, 0.1) is 25.7 Å². The van der Waals surface area contributed by atoms with Gasteiger partial charge in [-0.25, -0.2) is 0 Å². The van der Waals surface area contributed by atoms with Crippen LogP contribution in [-0.2, 0) is 0 Å². The standard InChI is InChI=1S/C16H26N2/c1-4-13-6-5-7-14(10-13)16(17)15-8-11(2)18-12(3)9-15/h8-9,13-14,16H,4-7,10,17H2,1-3H3. The molecule has 2 N–H and O–H groups in total. The number of hydrogen-bond donors (Lipinski definition) is 1. The van der Waals surface area contributed by atoms with Crippen molar-refractivity contribution in [2.45, 2.75) is 58.9 Å². The van der Waals surface area contributed by atoms with Gasteiger partial charge >= 0.3 is 0 Å². The Kier molecular flexibility index (Phi) is 4.39. The van der Waals surface area contributed by atoms with Crippen LogP contribution in [0.1, 0.15) is 62.0 Å². The van der Waals surface area contributed by atoms with E-state index in [1.807, 2.05) is 0 Å². The summed E-state index contributed by atoms with van der Waals surface area (Å²) < 4.78 is 0. The molecule has 0 aromatic carbocycles. The van der Waals surface area contributed by atoms with Crippen molar-refractivity contribution in [1.82, 2.24) is 4.98 Å². The molecular weight excluding hydrogens is 220 g/mol. The molecule has 1 fully saturated rings. The molecule has 1 aromatic rings. The van der Waals surface area contributed by atoms with Crippen molar-refractivity contribution in [3.8, 4) is 0 Å². The molecule has 0 saturated heterocycles. The average Bonchev–Trinajstić information content (AvgIpc) is 2.37. The predicted molar refractivity (Wildman–Crippen MR) is 76.4 cm³/mol. The molecule has 1 aromatic heterocycles. The van der Waals surface area contributed by atoms with Gasteiger partial charge in [-0.05, 0) is 56.2 Å². The van der Waals surface area contributed by atoms with Gasteiger partial charge in [0.05, 0.1) is 0 Å². The van der Waals surface area contributed by atoms with E-state index in [1.54, 1.807) is 0 Å². The summed E-state index contributed by atoms with van der Waals surface area (Å²) in [4.78, 5) is 4.44. The van der Waals surface area contributed by atoms with Crippen molar-refractivity contribution in [2.24, 2.45) is 17.6 Å². The van der Waals surface area contributed by atoms with E-state index < -0.39 is 0 Å². The number of pyridine rings is 1. The third kappa shape index (κ3) is 3.11. The fourth-order valence-electron chi connectivity index (χ4n) is 3.36. The van der Waals surface area contributed by atoms with Crippen LogP contribution in [0.5, 0.6) is 0 Å². The van der Waals surface area contributed by atoms with Crippen LogP contribution < -0.4 is 5.73 Å². The Morgan fingerprint density at radius 2 is 1.94 bits per heavy atom. The van der Waals surface area contributed by atoms with Gasteiger partial charge in [-0.2, -0.15) is 0 Å². The molecule has 2 rings (SSSR count). The van der Waals surface area contributed by atoms with Gasteiger partial charge < -0.3 is 5.73 Å². The number of aromatic nitrogens is 1. The lowest BCUT2D eigenvalue weighted by atomic mass is 9.75. The average molecular weight is 246 g/mol. The highest BCUT2D eigenvalue weighted by atomic mass is 14.7. The molecule has 0 spiro atoms. The van der Waals surface area contributed by atoms with Gasteiger partial charge in [-0.3, -0.25) is 4.98 Å². The maximum atomic E-state index is 6.50. The van der Waals surface area contributed by atoms with Gasteiger partial charge in [0, 0.05) is 17.4 Å². The number of nitrogens with two attached hydrogens (primary N) is 1. The summed E-state index contributed by atoms with van der Waals surface area (Å²) in [5, 5.41) is 0. The smallest absolute Gasteiger partial charge is 0.0379 e. The normalized spacial score (nSPS) is 26.0. The molecule has 2 nitrogen and oxygen atoms in total. The van der Waals surface area contributed by atoms with Crippen LogP contribution in [0.15, 0.2) is 12.1 Å². The fourth-order valence-corrected chi connectivity index (χ4v) is 3.36. The molecule has 1 saturated carbocycles. The molecule has 0 amide bonds. The third-order valence-electron chi connectivity index (χ3n) is 4.40. The SMILES string of the molecule is CCC1CCCC(C(N)c2cc(C)nc(C)c2)C1. The minimum Gasteiger partial charge on any atom is -0.324 e. The van der Waals surface area contributed by atoms with Crippen molar-refractivity contribution >= 4 is 0 Å². The van der Waals surface area contributed by atoms with E-state index in [-0.39, 0.29) is 6.04 Å². The Morgan fingerprint density at radius 1 is 1.28 bits per heavy atom. The molecule has 2 heteroatoms. The first-order valence-corrected chi connectivity index (χ1v) is 7.31. The topological polar surface area (TPSA) is 38.9 Å². The van der Waals surface area contributed by atoms with Gasteiger partial charge in [0.15, 0.2) is 0 Å². The van der Waals surface area contributed by atoms with Gasteiger partial charge in [0.25, 0.3) is 0 Å². The second-order valence-corrected chi connectivity index (χ2v) is 5.91. The maximum absolute atomic E-state index is 6.50. The van der Waals surface area contributed by atoms with Crippen molar-refractivity contribution in [1.29, 1.82) is 0 Å². The van der Waals surface area contributed by atoms with Crippen molar-refractivity contribution in [2.75, 3.05) is 0 Å². The van der Waals surface area contributed by atoms with Crippen LogP contribution in [0.4, 0.5) is 0 Å². The first-order valence-electron chi connectivity index (χ1n) is 7.31. The quantitative estimate of drug-likeness (QED) is 0.878. The lowest BCUT2D eigenvalue weighted by Gasteiger charge is -2.32. The summed E-state index contributed by atoms with van der Waals surface area (Å²) in [7, 11) is 0. The third-order valence-corrected chi connectivity index (χ3v) is 4.40. The van der Waals surface area contributed by atoms with E-state index in [0.717, 1.165) is 17.3 Å². The zero-order valence-electron chi connectivity index (χ0n) is 11.9. The van der Waals surface area contributed by atoms with Crippen molar-refractivity contribution < 1.29 is 0 Å². The van der Waals surface area contributed by atoms with Crippen LogP contribution in [0.2, 0.25) is 0 Å². The Morgan fingerprint density at radius 3 is 2.56 bits per heavy atom. The summed E-state index contributed by atoms with van der Waals surface area (Å²) in [5.74, 6) is 1.55. The summed E-state index contributed by atoms with van der Waals surface area (Å²) in [6, 6.07) is 4.51. The number of hydrogen-bond acceptors (Lipinski definition) is 2. The Hall–Kier alpha value is -0.890. The fraction of sp³-hybridized carbons (Fsp3) is 0.688. The number of rotatable bonds is 3. The summed E-state index contributed by atoms with van der Waals surface area (Å²) >= 11 is 0. The summed E-state index contributed by atoms with van der Waals surface area (Å²) in [6.07, 6.45) is 6.64. The van der Waals surface area contributed by atoms with Crippen LogP contribution in [0.25, 0.3) is 0 Å². The summed E-state index contributed by atoms with van der Waals surface area (Å²) in [5.41, 5.74) is 9.95. The highest BCUT2D eigenvalue weighted by molar-refractivity contribution is 5.24. The monoisotopic (exact) mass is 246 g/mol. The highest BCUT2D eigenvalue weighted by Gasteiger charge is 2.26. The van der Waals surface area contributed by atoms with Crippen LogP contribution >= 0.6 is 0 Å². The number of aryl methyl sites for hydroxylation is 2. The van der Waals surface area contributed by atoms with Crippen LogP contribution in [0.3, 0.4) is 0 Å². The zero-order chi connectivity index (χ0) is 13.1. The predicted octanol–water partition coefficient (Wildman–Crippen LogP) is 3.91. The lowest BCUT2D eigenvalue weighted by molar-refractivity contribution is 0.230. The Balaban J connectivity index is 2.12. The first kappa shape index (κ1) is 13.5. The largest absolute Gasteiger partial charge is 0.324 e. The van der Waals surface area contributed by atoms with Crippen molar-refractivity contribution in [3.63, 3.8) is 0 Å². The van der Waals surface area contributed by atoms with Gasteiger partial charge in [-0.1, -0.05) is 26.2 Å². The van der Waals surface area contributed by atoms with E-state index in [0.29, 0.717) is 5.92 Å². The molecule has 0 aliphatic heterocycles. The minimum atomic E-state index is 0.194. The molecular formula is C16H26N2. The van der Waals surface area contributed by atoms with Gasteiger partial charge in [-0.15, -0.1) is 0 Å².